The SMILES string of the molecule is C=C(C)C1CCC(C)(C(C(=O)O)c2ccccc2)CC1. The van der Waals surface area contributed by atoms with E-state index in [4.69, 9.17) is 0 Å². The summed E-state index contributed by atoms with van der Waals surface area (Å²) in [4.78, 5) is 11.8. The van der Waals surface area contributed by atoms with Crippen LogP contribution < -0.4 is 0 Å². The van der Waals surface area contributed by atoms with Crippen molar-refractivity contribution in [3.8, 4) is 0 Å². The highest BCUT2D eigenvalue weighted by Crippen LogP contribution is 2.49. The molecule has 108 valence electrons. The molecule has 0 amide bonds. The van der Waals surface area contributed by atoms with Gasteiger partial charge < -0.3 is 5.11 Å². The van der Waals surface area contributed by atoms with Gasteiger partial charge in [-0.25, -0.2) is 0 Å². The Balaban J connectivity index is 2.23. The van der Waals surface area contributed by atoms with Crippen LogP contribution in [0.15, 0.2) is 42.5 Å². The molecular weight excluding hydrogens is 248 g/mol. The van der Waals surface area contributed by atoms with Gasteiger partial charge in [0.05, 0.1) is 5.92 Å². The van der Waals surface area contributed by atoms with Crippen LogP contribution in [-0.2, 0) is 4.79 Å². The van der Waals surface area contributed by atoms with Gasteiger partial charge in [-0.1, -0.05) is 49.4 Å². The Morgan fingerprint density at radius 3 is 2.30 bits per heavy atom. The number of benzene rings is 1. The Morgan fingerprint density at radius 1 is 1.30 bits per heavy atom. The molecule has 0 spiro atoms. The number of hydrogen-bond acceptors (Lipinski definition) is 1. The zero-order valence-corrected chi connectivity index (χ0v) is 12.4. The van der Waals surface area contributed by atoms with Crippen molar-refractivity contribution in [1.29, 1.82) is 0 Å². The highest BCUT2D eigenvalue weighted by atomic mass is 16.4. The molecule has 2 heteroatoms. The lowest BCUT2D eigenvalue weighted by molar-refractivity contribution is -0.142. The summed E-state index contributed by atoms with van der Waals surface area (Å²) in [6.07, 6.45) is 4.03. The first kappa shape index (κ1) is 14.8. The minimum Gasteiger partial charge on any atom is -0.481 e. The Bertz CT molecular complexity index is 481. The molecule has 0 radical (unpaired) electrons. The number of rotatable bonds is 4. The van der Waals surface area contributed by atoms with Crippen LogP contribution in [0.5, 0.6) is 0 Å². The fraction of sp³-hybridized carbons (Fsp3) is 0.500. The van der Waals surface area contributed by atoms with Crippen LogP contribution in [0, 0.1) is 11.3 Å². The minimum atomic E-state index is -0.701. The van der Waals surface area contributed by atoms with E-state index in [0.29, 0.717) is 5.92 Å². The molecule has 0 heterocycles. The summed E-state index contributed by atoms with van der Waals surface area (Å²) < 4.78 is 0. The summed E-state index contributed by atoms with van der Waals surface area (Å²) in [6, 6.07) is 9.66. The van der Waals surface area contributed by atoms with Gasteiger partial charge in [-0.15, -0.1) is 0 Å². The average Bonchev–Trinajstić information content (AvgIpc) is 2.39. The van der Waals surface area contributed by atoms with Crippen LogP contribution >= 0.6 is 0 Å². The number of allylic oxidation sites excluding steroid dienone is 1. The largest absolute Gasteiger partial charge is 0.481 e. The summed E-state index contributed by atoms with van der Waals surface area (Å²) in [5.74, 6) is -0.546. The molecule has 1 saturated carbocycles. The quantitative estimate of drug-likeness (QED) is 0.811. The second-order valence-corrected chi connectivity index (χ2v) is 6.46. The van der Waals surface area contributed by atoms with Gasteiger partial charge in [0.25, 0.3) is 0 Å². The van der Waals surface area contributed by atoms with Gasteiger partial charge in [-0.3, -0.25) is 4.79 Å². The molecule has 1 aliphatic carbocycles. The van der Waals surface area contributed by atoms with E-state index in [-0.39, 0.29) is 5.41 Å². The lowest BCUT2D eigenvalue weighted by Crippen LogP contribution is -2.35. The number of carboxylic acid groups (broad SMARTS) is 1. The van der Waals surface area contributed by atoms with Gasteiger partial charge in [-0.05, 0) is 49.5 Å². The van der Waals surface area contributed by atoms with Crippen molar-refractivity contribution < 1.29 is 9.90 Å². The summed E-state index contributed by atoms with van der Waals surface area (Å²) in [6.45, 7) is 8.26. The molecule has 1 fully saturated rings. The molecule has 1 unspecified atom stereocenters. The van der Waals surface area contributed by atoms with Crippen molar-refractivity contribution in [2.45, 2.75) is 45.4 Å². The minimum absolute atomic E-state index is 0.154. The summed E-state index contributed by atoms with van der Waals surface area (Å²) in [7, 11) is 0. The van der Waals surface area contributed by atoms with Crippen molar-refractivity contribution in [2.24, 2.45) is 11.3 Å². The zero-order chi connectivity index (χ0) is 14.8. The second-order valence-electron chi connectivity index (χ2n) is 6.46. The maximum Gasteiger partial charge on any atom is 0.311 e. The predicted octanol–water partition coefficient (Wildman–Crippen LogP) is 4.63. The molecule has 1 aromatic carbocycles. The summed E-state index contributed by atoms with van der Waals surface area (Å²) >= 11 is 0. The maximum atomic E-state index is 11.8. The van der Waals surface area contributed by atoms with Gasteiger partial charge in [0.2, 0.25) is 0 Å². The van der Waals surface area contributed by atoms with Gasteiger partial charge >= 0.3 is 5.97 Å². The van der Waals surface area contributed by atoms with E-state index < -0.39 is 11.9 Å². The standard InChI is InChI=1S/C18H24O2/c1-13(2)14-9-11-18(3,12-10-14)16(17(19)20)15-7-5-4-6-8-15/h4-8,14,16H,1,9-12H2,2-3H3,(H,19,20). The monoisotopic (exact) mass is 272 g/mol. The van der Waals surface area contributed by atoms with Gasteiger partial charge in [0.1, 0.15) is 0 Å². The molecule has 0 saturated heterocycles. The van der Waals surface area contributed by atoms with Crippen molar-refractivity contribution >= 4 is 5.97 Å². The zero-order valence-electron chi connectivity index (χ0n) is 12.4. The lowest BCUT2D eigenvalue weighted by Gasteiger charge is -2.41. The van der Waals surface area contributed by atoms with E-state index in [1.807, 2.05) is 30.3 Å². The average molecular weight is 272 g/mol. The number of carbonyl (C=O) groups is 1. The molecule has 20 heavy (non-hydrogen) atoms. The van der Waals surface area contributed by atoms with E-state index in [2.05, 4.69) is 20.4 Å². The Kier molecular flexibility index (Phi) is 4.32. The van der Waals surface area contributed by atoms with Crippen LogP contribution in [0.1, 0.15) is 51.0 Å². The van der Waals surface area contributed by atoms with Crippen molar-refractivity contribution in [3.63, 3.8) is 0 Å². The van der Waals surface area contributed by atoms with Crippen LogP contribution in [-0.4, -0.2) is 11.1 Å². The first-order valence-electron chi connectivity index (χ1n) is 7.37. The first-order chi connectivity index (χ1) is 9.44. The van der Waals surface area contributed by atoms with E-state index >= 15 is 0 Å². The van der Waals surface area contributed by atoms with E-state index in [1.54, 1.807) is 0 Å². The van der Waals surface area contributed by atoms with E-state index in [9.17, 15) is 9.90 Å². The smallest absolute Gasteiger partial charge is 0.311 e. The van der Waals surface area contributed by atoms with Gasteiger partial charge in [0.15, 0.2) is 0 Å². The van der Waals surface area contributed by atoms with Crippen LogP contribution in [0.4, 0.5) is 0 Å². The third-order valence-electron chi connectivity index (χ3n) is 4.90. The highest BCUT2D eigenvalue weighted by molar-refractivity contribution is 5.77. The fourth-order valence-corrected chi connectivity index (χ4v) is 3.55. The van der Waals surface area contributed by atoms with Gasteiger partial charge in [-0.2, -0.15) is 0 Å². The molecule has 1 atom stereocenters. The Morgan fingerprint density at radius 2 is 1.85 bits per heavy atom. The van der Waals surface area contributed by atoms with Crippen LogP contribution in [0.3, 0.4) is 0 Å². The molecular formula is C18H24O2. The molecule has 0 aliphatic heterocycles. The Hall–Kier alpha value is -1.57. The highest BCUT2D eigenvalue weighted by Gasteiger charge is 2.42. The van der Waals surface area contributed by atoms with E-state index in [1.165, 1.54) is 5.57 Å². The lowest BCUT2D eigenvalue weighted by atomic mass is 9.62. The summed E-state index contributed by atoms with van der Waals surface area (Å²) in [5, 5.41) is 9.70. The third kappa shape index (κ3) is 2.95. The summed E-state index contributed by atoms with van der Waals surface area (Å²) in [5.41, 5.74) is 2.01. The normalized spacial score (nSPS) is 27.8. The second kappa shape index (κ2) is 5.82. The van der Waals surface area contributed by atoms with Crippen molar-refractivity contribution in [2.75, 3.05) is 0 Å². The maximum absolute atomic E-state index is 11.8. The van der Waals surface area contributed by atoms with Crippen LogP contribution in [0.2, 0.25) is 0 Å². The molecule has 1 aliphatic rings. The number of carboxylic acids is 1. The molecule has 0 bridgehead atoms. The van der Waals surface area contributed by atoms with Crippen molar-refractivity contribution in [3.05, 3.63) is 48.0 Å². The molecule has 2 rings (SSSR count). The fourth-order valence-electron chi connectivity index (χ4n) is 3.55. The molecule has 1 N–H and O–H groups in total. The predicted molar refractivity (Wildman–Crippen MR) is 81.7 cm³/mol. The number of hydrogen-bond donors (Lipinski definition) is 1. The molecule has 2 nitrogen and oxygen atoms in total. The van der Waals surface area contributed by atoms with E-state index in [0.717, 1.165) is 31.2 Å². The van der Waals surface area contributed by atoms with Crippen molar-refractivity contribution in [1.82, 2.24) is 0 Å². The third-order valence-corrected chi connectivity index (χ3v) is 4.90. The molecule has 1 aromatic rings. The van der Waals surface area contributed by atoms with Crippen LogP contribution in [0.25, 0.3) is 0 Å². The number of aliphatic carboxylic acids is 1. The Labute approximate surface area is 121 Å². The van der Waals surface area contributed by atoms with Gasteiger partial charge in [0, 0.05) is 0 Å². The molecule has 0 aromatic heterocycles. The topological polar surface area (TPSA) is 37.3 Å². The first-order valence-corrected chi connectivity index (χ1v) is 7.37.